The van der Waals surface area contributed by atoms with Gasteiger partial charge in [0.1, 0.15) is 0 Å². The van der Waals surface area contributed by atoms with Crippen LogP contribution in [0.3, 0.4) is 0 Å². The summed E-state index contributed by atoms with van der Waals surface area (Å²) in [6, 6.07) is 5.27. The zero-order chi connectivity index (χ0) is 11.5. The lowest BCUT2D eigenvalue weighted by molar-refractivity contribution is 0.589. The van der Waals surface area contributed by atoms with Gasteiger partial charge in [0, 0.05) is 11.0 Å². The number of anilines is 1. The summed E-state index contributed by atoms with van der Waals surface area (Å²) < 4.78 is 28.5. The van der Waals surface area contributed by atoms with E-state index < -0.39 is 10.2 Å². The van der Waals surface area contributed by atoms with Crippen LogP contribution in [0.15, 0.2) is 22.7 Å². The molecule has 0 amide bonds. The molecule has 15 heavy (non-hydrogen) atoms. The normalized spacial score (nSPS) is 11.4. The van der Waals surface area contributed by atoms with Crippen molar-refractivity contribution >= 4 is 31.8 Å². The predicted molar refractivity (Wildman–Crippen MR) is 65.1 cm³/mol. The minimum Gasteiger partial charge on any atom is -0.271 e. The van der Waals surface area contributed by atoms with Crippen molar-refractivity contribution in [2.75, 3.05) is 11.3 Å². The molecule has 0 spiro atoms. The van der Waals surface area contributed by atoms with E-state index in [1.807, 2.05) is 6.92 Å². The van der Waals surface area contributed by atoms with Crippen molar-refractivity contribution in [1.82, 2.24) is 4.72 Å². The van der Waals surface area contributed by atoms with Crippen LogP contribution in [0.25, 0.3) is 0 Å². The highest BCUT2D eigenvalue weighted by Crippen LogP contribution is 2.20. The molecule has 0 bridgehead atoms. The Hall–Kier alpha value is -0.590. The molecule has 0 atom stereocenters. The highest BCUT2D eigenvalue weighted by atomic mass is 79.9. The molecule has 84 valence electrons. The van der Waals surface area contributed by atoms with E-state index in [-0.39, 0.29) is 0 Å². The highest BCUT2D eigenvalue weighted by Gasteiger charge is 2.07. The van der Waals surface area contributed by atoms with Crippen LogP contribution in [0, 0.1) is 6.92 Å². The minimum absolute atomic E-state index is 0.366. The molecule has 0 aliphatic rings. The molecule has 4 nitrogen and oxygen atoms in total. The second kappa shape index (κ2) is 4.96. The molecule has 1 rings (SSSR count). The second-order valence-corrected chi connectivity index (χ2v) is 5.42. The molecular weight excluding hydrogens is 280 g/mol. The second-order valence-electron chi connectivity index (χ2n) is 3.07. The molecule has 0 aromatic heterocycles. The summed E-state index contributed by atoms with van der Waals surface area (Å²) in [6.07, 6.45) is 0. The van der Waals surface area contributed by atoms with Gasteiger partial charge in [0.15, 0.2) is 0 Å². The summed E-state index contributed by atoms with van der Waals surface area (Å²) in [7, 11) is -3.43. The van der Waals surface area contributed by atoms with Crippen LogP contribution in [-0.2, 0) is 10.2 Å². The van der Waals surface area contributed by atoms with Gasteiger partial charge in [-0.15, -0.1) is 0 Å². The van der Waals surface area contributed by atoms with E-state index in [2.05, 4.69) is 25.4 Å². The minimum atomic E-state index is -3.43. The van der Waals surface area contributed by atoms with Gasteiger partial charge in [-0.3, -0.25) is 4.72 Å². The lowest BCUT2D eigenvalue weighted by atomic mass is 10.2. The average molecular weight is 293 g/mol. The number of hydrogen-bond donors (Lipinski definition) is 2. The largest absolute Gasteiger partial charge is 0.299 e. The van der Waals surface area contributed by atoms with E-state index in [4.69, 9.17) is 0 Å². The third kappa shape index (κ3) is 3.81. The number of aryl methyl sites for hydroxylation is 1. The molecule has 1 aromatic carbocycles. The SMILES string of the molecule is CCNS(=O)(=O)Nc1ccc(Br)c(C)c1. The van der Waals surface area contributed by atoms with Crippen LogP contribution in [0.1, 0.15) is 12.5 Å². The Balaban J connectivity index is 2.86. The van der Waals surface area contributed by atoms with Crippen molar-refractivity contribution in [1.29, 1.82) is 0 Å². The lowest BCUT2D eigenvalue weighted by Crippen LogP contribution is -2.29. The van der Waals surface area contributed by atoms with Gasteiger partial charge in [0.2, 0.25) is 0 Å². The number of halogens is 1. The highest BCUT2D eigenvalue weighted by molar-refractivity contribution is 9.10. The molecule has 6 heteroatoms. The fourth-order valence-corrected chi connectivity index (χ4v) is 2.23. The fourth-order valence-electron chi connectivity index (χ4n) is 1.09. The first-order valence-electron chi connectivity index (χ1n) is 4.48. The smallest absolute Gasteiger partial charge is 0.271 e. The fraction of sp³-hybridized carbons (Fsp3) is 0.333. The van der Waals surface area contributed by atoms with Crippen LogP contribution in [0.5, 0.6) is 0 Å². The van der Waals surface area contributed by atoms with Gasteiger partial charge in [0.05, 0.1) is 5.69 Å². The maximum absolute atomic E-state index is 11.4. The van der Waals surface area contributed by atoms with E-state index in [9.17, 15) is 8.42 Å². The molecule has 0 unspecified atom stereocenters. The van der Waals surface area contributed by atoms with Crippen molar-refractivity contribution < 1.29 is 8.42 Å². The van der Waals surface area contributed by atoms with Gasteiger partial charge in [-0.25, -0.2) is 0 Å². The zero-order valence-electron chi connectivity index (χ0n) is 8.54. The Morgan fingerprint density at radius 2 is 2.07 bits per heavy atom. The molecule has 0 saturated heterocycles. The first-order chi connectivity index (χ1) is 6.94. The molecule has 1 aromatic rings. The molecule has 0 saturated carbocycles. The molecule has 2 N–H and O–H groups in total. The van der Waals surface area contributed by atoms with Crippen LogP contribution >= 0.6 is 15.9 Å². The zero-order valence-corrected chi connectivity index (χ0v) is 10.9. The number of rotatable bonds is 4. The lowest BCUT2D eigenvalue weighted by Gasteiger charge is -2.08. The van der Waals surface area contributed by atoms with Crippen LogP contribution in [-0.4, -0.2) is 15.0 Å². The van der Waals surface area contributed by atoms with Gasteiger partial charge in [-0.05, 0) is 30.7 Å². The maximum Gasteiger partial charge on any atom is 0.299 e. The summed E-state index contributed by atoms with van der Waals surface area (Å²) in [5, 5.41) is 0. The molecular formula is C9H13BrN2O2S. The molecule has 0 aliphatic carbocycles. The Bertz CT molecular complexity index is 445. The van der Waals surface area contributed by atoms with Gasteiger partial charge in [0.25, 0.3) is 10.2 Å². The maximum atomic E-state index is 11.4. The van der Waals surface area contributed by atoms with E-state index >= 15 is 0 Å². The predicted octanol–water partition coefficient (Wildman–Crippen LogP) is 2.02. The van der Waals surface area contributed by atoms with E-state index in [1.54, 1.807) is 25.1 Å². The van der Waals surface area contributed by atoms with Gasteiger partial charge in [-0.2, -0.15) is 13.1 Å². The summed E-state index contributed by atoms with van der Waals surface area (Å²) in [6.45, 7) is 3.99. The Morgan fingerprint density at radius 1 is 1.40 bits per heavy atom. The first-order valence-corrected chi connectivity index (χ1v) is 6.76. The van der Waals surface area contributed by atoms with Crippen molar-refractivity contribution in [3.05, 3.63) is 28.2 Å². The Kier molecular flexibility index (Phi) is 4.12. The first kappa shape index (κ1) is 12.5. The van der Waals surface area contributed by atoms with Gasteiger partial charge < -0.3 is 0 Å². The number of hydrogen-bond acceptors (Lipinski definition) is 2. The quantitative estimate of drug-likeness (QED) is 0.892. The van der Waals surface area contributed by atoms with Crippen LogP contribution in [0.2, 0.25) is 0 Å². The molecule has 0 radical (unpaired) electrons. The van der Waals surface area contributed by atoms with E-state index in [0.717, 1.165) is 10.0 Å². The molecule has 0 heterocycles. The third-order valence-corrected chi connectivity index (χ3v) is 3.81. The van der Waals surface area contributed by atoms with Crippen LogP contribution in [0.4, 0.5) is 5.69 Å². The summed E-state index contributed by atoms with van der Waals surface area (Å²) in [4.78, 5) is 0. The van der Waals surface area contributed by atoms with Gasteiger partial charge >= 0.3 is 0 Å². The summed E-state index contributed by atoms with van der Waals surface area (Å²) in [5.41, 5.74) is 1.53. The van der Waals surface area contributed by atoms with Crippen molar-refractivity contribution in [2.24, 2.45) is 0 Å². The third-order valence-electron chi connectivity index (χ3n) is 1.74. The van der Waals surface area contributed by atoms with Gasteiger partial charge in [-0.1, -0.05) is 22.9 Å². The summed E-state index contributed by atoms with van der Waals surface area (Å²) in [5.74, 6) is 0. The van der Waals surface area contributed by atoms with E-state index in [0.29, 0.717) is 12.2 Å². The van der Waals surface area contributed by atoms with Crippen molar-refractivity contribution in [3.8, 4) is 0 Å². The standard InChI is InChI=1S/C9H13BrN2O2S/c1-3-11-15(13,14)12-8-4-5-9(10)7(2)6-8/h4-6,11-12H,3H2,1-2H3. The Labute approximate surface area is 98.4 Å². The molecule has 0 fully saturated rings. The monoisotopic (exact) mass is 292 g/mol. The number of nitrogens with one attached hydrogen (secondary N) is 2. The summed E-state index contributed by atoms with van der Waals surface area (Å²) >= 11 is 3.35. The van der Waals surface area contributed by atoms with Crippen LogP contribution < -0.4 is 9.44 Å². The van der Waals surface area contributed by atoms with E-state index in [1.165, 1.54) is 0 Å². The van der Waals surface area contributed by atoms with Crippen molar-refractivity contribution in [2.45, 2.75) is 13.8 Å². The Morgan fingerprint density at radius 3 is 2.60 bits per heavy atom. The number of benzene rings is 1. The van der Waals surface area contributed by atoms with Crippen molar-refractivity contribution in [3.63, 3.8) is 0 Å². The average Bonchev–Trinajstić information content (AvgIpc) is 2.10. The molecule has 0 aliphatic heterocycles. The topological polar surface area (TPSA) is 58.2 Å².